The van der Waals surface area contributed by atoms with Gasteiger partial charge in [0.15, 0.2) is 6.39 Å². The largest absolute Gasteiger partial charge is 0.462 e. The van der Waals surface area contributed by atoms with E-state index in [1.54, 1.807) is 31.2 Å². The number of aromatic nitrogens is 1. The molecule has 1 heterocycles. The molecule has 1 N–H and O–H groups in total. The number of amides is 1. The minimum absolute atomic E-state index is 0.0554. The van der Waals surface area contributed by atoms with Gasteiger partial charge >= 0.3 is 5.97 Å². The van der Waals surface area contributed by atoms with Crippen LogP contribution >= 0.6 is 0 Å². The monoisotopic (exact) mass is 302 g/mol. The van der Waals surface area contributed by atoms with Crippen molar-refractivity contribution in [2.45, 2.75) is 26.7 Å². The number of carbonyl (C=O) groups is 2. The van der Waals surface area contributed by atoms with E-state index in [2.05, 4.69) is 10.3 Å². The Labute approximate surface area is 128 Å². The lowest BCUT2D eigenvalue weighted by atomic mass is 10.1. The van der Waals surface area contributed by atoms with Gasteiger partial charge in [-0.2, -0.15) is 0 Å². The quantitative estimate of drug-likeness (QED) is 0.857. The molecule has 0 aliphatic heterocycles. The predicted octanol–water partition coefficient (Wildman–Crippen LogP) is 3.23. The second-order valence-electron chi connectivity index (χ2n) is 4.94. The van der Waals surface area contributed by atoms with Gasteiger partial charge in [0.25, 0.3) is 5.91 Å². The van der Waals surface area contributed by atoms with Gasteiger partial charge in [0.1, 0.15) is 0 Å². The Bertz CT molecular complexity index is 676. The highest BCUT2D eigenvalue weighted by atomic mass is 16.5. The first-order chi connectivity index (χ1) is 10.5. The Balaban J connectivity index is 2.25. The van der Waals surface area contributed by atoms with Gasteiger partial charge in [0.05, 0.1) is 23.6 Å². The Hall–Kier alpha value is -2.63. The number of hydrogen-bond donors (Lipinski definition) is 1. The number of carbonyl (C=O) groups excluding carboxylic acids is 2. The van der Waals surface area contributed by atoms with E-state index in [4.69, 9.17) is 9.15 Å². The zero-order chi connectivity index (χ0) is 16.1. The fraction of sp³-hybridized carbons (Fsp3) is 0.312. The summed E-state index contributed by atoms with van der Waals surface area (Å²) < 4.78 is 10.1. The average Bonchev–Trinajstić information content (AvgIpc) is 2.97. The van der Waals surface area contributed by atoms with Gasteiger partial charge in [-0.25, -0.2) is 9.78 Å². The number of oxazole rings is 1. The second-order valence-corrected chi connectivity index (χ2v) is 4.94. The normalized spacial score (nSPS) is 10.5. The third-order valence-corrected chi connectivity index (χ3v) is 3.02. The summed E-state index contributed by atoms with van der Waals surface area (Å²) in [5, 5.41) is 2.67. The van der Waals surface area contributed by atoms with Gasteiger partial charge in [-0.05, 0) is 25.0 Å². The molecule has 0 aliphatic carbocycles. The lowest BCUT2D eigenvalue weighted by Crippen LogP contribution is -2.17. The number of rotatable bonds is 5. The molecule has 0 saturated carbocycles. The molecule has 0 spiro atoms. The van der Waals surface area contributed by atoms with Crippen LogP contribution in [0.4, 0.5) is 5.69 Å². The lowest BCUT2D eigenvalue weighted by Gasteiger charge is -2.10. The summed E-state index contributed by atoms with van der Waals surface area (Å²) in [6.07, 6.45) is 1.24. The summed E-state index contributed by atoms with van der Waals surface area (Å²) in [5.74, 6) is -0.730. The second kappa shape index (κ2) is 6.89. The third kappa shape index (κ3) is 3.33. The van der Waals surface area contributed by atoms with Gasteiger partial charge in [0.2, 0.25) is 5.76 Å². The molecule has 0 atom stereocenters. The van der Waals surface area contributed by atoms with Gasteiger partial charge in [-0.3, -0.25) is 4.79 Å². The highest BCUT2D eigenvalue weighted by molar-refractivity contribution is 6.07. The van der Waals surface area contributed by atoms with Crippen molar-refractivity contribution in [1.82, 2.24) is 4.98 Å². The molecule has 1 aromatic heterocycles. The first kappa shape index (κ1) is 15.8. The smallest absolute Gasteiger partial charge is 0.340 e. The Morgan fingerprint density at radius 3 is 2.73 bits per heavy atom. The van der Waals surface area contributed by atoms with Crippen LogP contribution in [0.2, 0.25) is 0 Å². The van der Waals surface area contributed by atoms with E-state index in [0.29, 0.717) is 16.9 Å². The number of nitrogens with zero attached hydrogens (tertiary/aromatic N) is 1. The minimum Gasteiger partial charge on any atom is -0.462 e. The lowest BCUT2D eigenvalue weighted by molar-refractivity contribution is 0.0527. The fourth-order valence-electron chi connectivity index (χ4n) is 1.99. The maximum atomic E-state index is 12.3. The van der Waals surface area contributed by atoms with Crippen molar-refractivity contribution in [3.63, 3.8) is 0 Å². The number of anilines is 1. The van der Waals surface area contributed by atoms with Crippen molar-refractivity contribution in [1.29, 1.82) is 0 Å². The number of para-hydroxylation sites is 1. The van der Waals surface area contributed by atoms with E-state index in [-0.39, 0.29) is 18.3 Å². The van der Waals surface area contributed by atoms with Crippen LogP contribution in [0.15, 0.2) is 35.1 Å². The molecule has 0 unspecified atom stereocenters. The van der Waals surface area contributed by atoms with Crippen molar-refractivity contribution in [3.05, 3.63) is 47.7 Å². The van der Waals surface area contributed by atoms with E-state index in [1.807, 2.05) is 13.8 Å². The topological polar surface area (TPSA) is 81.4 Å². The molecule has 22 heavy (non-hydrogen) atoms. The summed E-state index contributed by atoms with van der Waals surface area (Å²) in [6.45, 7) is 5.83. The summed E-state index contributed by atoms with van der Waals surface area (Å²) in [5.41, 5.74) is 1.24. The average molecular weight is 302 g/mol. The molecule has 6 heteroatoms. The number of benzene rings is 1. The minimum atomic E-state index is -0.486. The molecular weight excluding hydrogens is 284 g/mol. The predicted molar refractivity (Wildman–Crippen MR) is 80.9 cm³/mol. The van der Waals surface area contributed by atoms with Crippen LogP contribution in [0, 0.1) is 0 Å². The summed E-state index contributed by atoms with van der Waals surface area (Å²) in [7, 11) is 0. The number of hydrogen-bond acceptors (Lipinski definition) is 5. The zero-order valence-electron chi connectivity index (χ0n) is 12.8. The summed E-state index contributed by atoms with van der Waals surface area (Å²) in [4.78, 5) is 28.3. The SMILES string of the molecule is CCOC(=O)c1ccccc1NC(=O)c1ocnc1C(C)C. The van der Waals surface area contributed by atoms with Gasteiger partial charge in [-0.15, -0.1) is 0 Å². The first-order valence-corrected chi connectivity index (χ1v) is 7.05. The molecule has 2 aromatic rings. The number of nitrogens with one attached hydrogen (secondary N) is 1. The Morgan fingerprint density at radius 2 is 2.05 bits per heavy atom. The van der Waals surface area contributed by atoms with Gasteiger partial charge in [-0.1, -0.05) is 26.0 Å². The molecule has 116 valence electrons. The summed E-state index contributed by atoms with van der Waals surface area (Å²) >= 11 is 0. The van der Waals surface area contributed by atoms with Crippen LogP contribution in [0.1, 0.15) is 53.3 Å². The molecule has 0 radical (unpaired) electrons. The van der Waals surface area contributed by atoms with Crippen LogP contribution in [0.5, 0.6) is 0 Å². The van der Waals surface area contributed by atoms with E-state index in [9.17, 15) is 9.59 Å². The van der Waals surface area contributed by atoms with Gasteiger partial charge in [0, 0.05) is 0 Å². The van der Waals surface area contributed by atoms with Crippen LogP contribution in [0.25, 0.3) is 0 Å². The van der Waals surface area contributed by atoms with Crippen molar-refractivity contribution >= 4 is 17.6 Å². The zero-order valence-corrected chi connectivity index (χ0v) is 12.8. The molecule has 0 aliphatic rings. The van der Waals surface area contributed by atoms with Crippen LogP contribution in [-0.4, -0.2) is 23.5 Å². The molecule has 6 nitrogen and oxygen atoms in total. The highest BCUT2D eigenvalue weighted by Gasteiger charge is 2.21. The molecule has 0 fully saturated rings. The van der Waals surface area contributed by atoms with Crippen molar-refractivity contribution in [3.8, 4) is 0 Å². The molecule has 2 rings (SSSR count). The highest BCUT2D eigenvalue weighted by Crippen LogP contribution is 2.21. The molecular formula is C16H18N2O4. The van der Waals surface area contributed by atoms with Crippen molar-refractivity contribution < 1.29 is 18.7 Å². The third-order valence-electron chi connectivity index (χ3n) is 3.02. The van der Waals surface area contributed by atoms with E-state index < -0.39 is 11.9 Å². The fourth-order valence-corrected chi connectivity index (χ4v) is 1.99. The van der Waals surface area contributed by atoms with Gasteiger partial charge < -0.3 is 14.5 Å². The molecule has 1 amide bonds. The van der Waals surface area contributed by atoms with Crippen molar-refractivity contribution in [2.75, 3.05) is 11.9 Å². The molecule has 0 saturated heterocycles. The number of esters is 1. The molecule has 0 bridgehead atoms. The standard InChI is InChI=1S/C16H18N2O4/c1-4-21-16(20)11-7-5-6-8-12(11)18-15(19)14-13(10(2)3)17-9-22-14/h5-10H,4H2,1-3H3,(H,18,19). The number of ether oxygens (including phenoxy) is 1. The Kier molecular flexibility index (Phi) is 4.93. The maximum absolute atomic E-state index is 12.3. The van der Waals surface area contributed by atoms with Crippen LogP contribution in [0.3, 0.4) is 0 Å². The van der Waals surface area contributed by atoms with Crippen LogP contribution < -0.4 is 5.32 Å². The van der Waals surface area contributed by atoms with E-state index >= 15 is 0 Å². The molecule has 1 aromatic carbocycles. The summed E-state index contributed by atoms with van der Waals surface area (Å²) in [6, 6.07) is 6.66. The maximum Gasteiger partial charge on any atom is 0.340 e. The van der Waals surface area contributed by atoms with Crippen LogP contribution in [-0.2, 0) is 4.74 Å². The van der Waals surface area contributed by atoms with E-state index in [1.165, 1.54) is 6.39 Å². The first-order valence-electron chi connectivity index (χ1n) is 7.05. The Morgan fingerprint density at radius 1 is 1.32 bits per heavy atom. The van der Waals surface area contributed by atoms with E-state index in [0.717, 1.165) is 0 Å². The van der Waals surface area contributed by atoms with Crippen molar-refractivity contribution in [2.24, 2.45) is 0 Å².